The van der Waals surface area contributed by atoms with Crippen LogP contribution >= 0.6 is 11.6 Å². The number of nitrogens with zero attached hydrogens (tertiary/aromatic N) is 1. The molecule has 5 heteroatoms. The fourth-order valence-electron chi connectivity index (χ4n) is 1.05. The van der Waals surface area contributed by atoms with Crippen LogP contribution in [0.15, 0.2) is 18.2 Å². The van der Waals surface area contributed by atoms with Crippen LogP contribution in [0, 0.1) is 11.3 Å². The van der Waals surface area contributed by atoms with Gasteiger partial charge < -0.3 is 9.47 Å². The minimum absolute atomic E-state index is 0.133. The lowest BCUT2D eigenvalue weighted by Crippen LogP contribution is -2.08. The van der Waals surface area contributed by atoms with Crippen molar-refractivity contribution in [1.82, 2.24) is 0 Å². The topological polar surface area (TPSA) is 59.3 Å². The molecule has 0 aliphatic carbocycles. The van der Waals surface area contributed by atoms with E-state index in [1.807, 2.05) is 6.07 Å². The summed E-state index contributed by atoms with van der Waals surface area (Å²) in [6, 6.07) is 6.68. The van der Waals surface area contributed by atoms with E-state index in [0.29, 0.717) is 16.3 Å². The average Bonchev–Trinajstić information content (AvgIpc) is 2.29. The normalized spacial score (nSPS) is 9.31. The maximum atomic E-state index is 10.8. The molecule has 84 valence electrons. The largest absolute Gasteiger partial charge is 0.492 e. The van der Waals surface area contributed by atoms with Crippen LogP contribution in [-0.2, 0) is 9.53 Å². The van der Waals surface area contributed by atoms with E-state index in [9.17, 15) is 4.79 Å². The summed E-state index contributed by atoms with van der Waals surface area (Å²) < 4.78 is 9.73. The van der Waals surface area contributed by atoms with Gasteiger partial charge in [0, 0.05) is 11.1 Å². The lowest BCUT2D eigenvalue weighted by atomic mass is 10.2. The highest BCUT2D eigenvalue weighted by Gasteiger charge is 2.06. The molecule has 0 radical (unpaired) electrons. The van der Waals surface area contributed by atoms with Gasteiger partial charge in [-0.15, -0.1) is 0 Å². The van der Waals surface area contributed by atoms with Crippen LogP contribution in [0.25, 0.3) is 0 Å². The van der Waals surface area contributed by atoms with E-state index in [4.69, 9.17) is 21.6 Å². The molecule has 0 saturated carbocycles. The molecule has 0 unspecified atom stereocenters. The highest BCUT2D eigenvalue weighted by molar-refractivity contribution is 6.30. The number of rotatable bonds is 4. The third-order valence-electron chi connectivity index (χ3n) is 1.86. The van der Waals surface area contributed by atoms with Crippen LogP contribution in [0.3, 0.4) is 0 Å². The third-order valence-corrected chi connectivity index (χ3v) is 2.09. The second-order valence-electron chi connectivity index (χ2n) is 2.93. The van der Waals surface area contributed by atoms with E-state index in [1.165, 1.54) is 13.2 Å². The first kappa shape index (κ1) is 12.3. The van der Waals surface area contributed by atoms with Crippen LogP contribution in [0.5, 0.6) is 5.75 Å². The zero-order chi connectivity index (χ0) is 12.0. The molecule has 0 fully saturated rings. The summed E-state index contributed by atoms with van der Waals surface area (Å²) in [4.78, 5) is 10.8. The fraction of sp³-hybridized carbons (Fsp3) is 0.273. The number of carbonyl (C=O) groups excluding carboxylic acids is 1. The molecule has 0 N–H and O–H groups in total. The molecule has 1 aromatic carbocycles. The number of ether oxygens (including phenoxy) is 2. The fourth-order valence-corrected chi connectivity index (χ4v) is 1.22. The smallest absolute Gasteiger partial charge is 0.308 e. The van der Waals surface area contributed by atoms with Gasteiger partial charge in [0.2, 0.25) is 0 Å². The molecular weight excluding hydrogens is 230 g/mol. The average molecular weight is 240 g/mol. The summed E-state index contributed by atoms with van der Waals surface area (Å²) in [7, 11) is 1.31. The van der Waals surface area contributed by atoms with Crippen molar-refractivity contribution in [3.8, 4) is 11.8 Å². The Morgan fingerprint density at radius 2 is 2.31 bits per heavy atom. The predicted octanol–water partition coefficient (Wildman–Crippen LogP) is 2.15. The third kappa shape index (κ3) is 3.44. The van der Waals surface area contributed by atoms with Crippen molar-refractivity contribution in [1.29, 1.82) is 5.26 Å². The van der Waals surface area contributed by atoms with Gasteiger partial charge >= 0.3 is 5.97 Å². The first-order chi connectivity index (χ1) is 7.67. The Labute approximate surface area is 98.3 Å². The van der Waals surface area contributed by atoms with E-state index in [0.717, 1.165) is 0 Å². The molecule has 0 atom stereocenters. The van der Waals surface area contributed by atoms with Crippen LogP contribution in [-0.4, -0.2) is 19.7 Å². The summed E-state index contributed by atoms with van der Waals surface area (Å²) in [6.07, 6.45) is 0.133. The SMILES string of the molecule is COC(=O)CCOc1cc(Cl)ccc1C#N. The molecule has 1 aromatic rings. The van der Waals surface area contributed by atoms with Gasteiger partial charge in [-0.3, -0.25) is 4.79 Å². The summed E-state index contributed by atoms with van der Waals surface area (Å²) >= 11 is 5.76. The van der Waals surface area contributed by atoms with Crippen molar-refractivity contribution < 1.29 is 14.3 Å². The second-order valence-corrected chi connectivity index (χ2v) is 3.36. The minimum atomic E-state index is -0.361. The maximum absolute atomic E-state index is 10.8. The van der Waals surface area contributed by atoms with Crippen molar-refractivity contribution in [3.63, 3.8) is 0 Å². The highest BCUT2D eigenvalue weighted by atomic mass is 35.5. The van der Waals surface area contributed by atoms with E-state index < -0.39 is 0 Å². The first-order valence-corrected chi connectivity index (χ1v) is 4.94. The van der Waals surface area contributed by atoms with E-state index in [1.54, 1.807) is 12.1 Å². The van der Waals surface area contributed by atoms with Gasteiger partial charge in [-0.2, -0.15) is 5.26 Å². The van der Waals surface area contributed by atoms with Crippen LogP contribution in [0.1, 0.15) is 12.0 Å². The molecule has 0 amide bonds. The second kappa shape index (κ2) is 5.99. The molecule has 0 aliphatic rings. The van der Waals surface area contributed by atoms with Crippen molar-refractivity contribution in [2.45, 2.75) is 6.42 Å². The summed E-state index contributed by atoms with van der Waals surface area (Å²) in [5.41, 5.74) is 0.384. The molecule has 0 spiro atoms. The van der Waals surface area contributed by atoms with E-state index in [2.05, 4.69) is 4.74 Å². The summed E-state index contributed by atoms with van der Waals surface area (Å²) in [5, 5.41) is 9.28. The number of benzene rings is 1. The number of hydrogen-bond acceptors (Lipinski definition) is 4. The quantitative estimate of drug-likeness (QED) is 0.756. The summed E-state index contributed by atoms with van der Waals surface area (Å²) in [5.74, 6) is 0.0134. The highest BCUT2D eigenvalue weighted by Crippen LogP contribution is 2.22. The molecule has 4 nitrogen and oxygen atoms in total. The Morgan fingerprint density at radius 3 is 2.94 bits per heavy atom. The Kier molecular flexibility index (Phi) is 4.62. The Hall–Kier alpha value is -1.73. The zero-order valence-corrected chi connectivity index (χ0v) is 9.45. The Bertz CT molecular complexity index is 426. The summed E-state index contributed by atoms with van der Waals surface area (Å²) in [6.45, 7) is 0.154. The van der Waals surface area contributed by atoms with Gasteiger partial charge in [-0.25, -0.2) is 0 Å². The zero-order valence-electron chi connectivity index (χ0n) is 8.70. The van der Waals surface area contributed by atoms with Crippen molar-refractivity contribution in [2.24, 2.45) is 0 Å². The van der Waals surface area contributed by atoms with Gasteiger partial charge in [-0.1, -0.05) is 11.6 Å². The molecule has 0 saturated heterocycles. The Morgan fingerprint density at radius 1 is 1.56 bits per heavy atom. The standard InChI is InChI=1S/C11H10ClNO3/c1-15-11(14)4-5-16-10-6-9(12)3-2-8(10)7-13/h2-3,6H,4-5H2,1H3. The molecule has 0 aromatic heterocycles. The Balaban J connectivity index is 2.63. The first-order valence-electron chi connectivity index (χ1n) is 4.56. The van der Waals surface area contributed by atoms with Crippen LogP contribution in [0.2, 0.25) is 5.02 Å². The molecule has 1 rings (SSSR count). The van der Waals surface area contributed by atoms with Gasteiger partial charge in [0.05, 0.1) is 25.7 Å². The van der Waals surface area contributed by atoms with Crippen molar-refractivity contribution in [2.75, 3.05) is 13.7 Å². The lowest BCUT2D eigenvalue weighted by molar-refractivity contribution is -0.141. The number of nitriles is 1. The molecule has 16 heavy (non-hydrogen) atoms. The number of hydrogen-bond donors (Lipinski definition) is 0. The van der Waals surface area contributed by atoms with Gasteiger partial charge in [-0.05, 0) is 12.1 Å². The number of methoxy groups -OCH3 is 1. The van der Waals surface area contributed by atoms with Crippen molar-refractivity contribution in [3.05, 3.63) is 28.8 Å². The van der Waals surface area contributed by atoms with Gasteiger partial charge in [0.15, 0.2) is 0 Å². The van der Waals surface area contributed by atoms with Gasteiger partial charge in [0.1, 0.15) is 11.8 Å². The number of carbonyl (C=O) groups is 1. The maximum Gasteiger partial charge on any atom is 0.308 e. The molecule has 0 heterocycles. The predicted molar refractivity (Wildman–Crippen MR) is 58.3 cm³/mol. The lowest BCUT2D eigenvalue weighted by Gasteiger charge is -2.07. The van der Waals surface area contributed by atoms with Crippen LogP contribution in [0.4, 0.5) is 0 Å². The monoisotopic (exact) mass is 239 g/mol. The van der Waals surface area contributed by atoms with E-state index in [-0.39, 0.29) is 19.0 Å². The molecular formula is C11H10ClNO3. The van der Waals surface area contributed by atoms with Gasteiger partial charge in [0.25, 0.3) is 0 Å². The number of halogens is 1. The minimum Gasteiger partial charge on any atom is -0.492 e. The molecule has 0 bridgehead atoms. The van der Waals surface area contributed by atoms with E-state index >= 15 is 0 Å². The van der Waals surface area contributed by atoms with Crippen LogP contribution < -0.4 is 4.74 Å². The van der Waals surface area contributed by atoms with Crippen molar-refractivity contribution >= 4 is 17.6 Å². The number of esters is 1. The molecule has 0 aliphatic heterocycles.